The molecule has 0 aliphatic carbocycles. The van der Waals surface area contributed by atoms with Crippen LogP contribution in [0.4, 0.5) is 0 Å². The normalized spacial score (nSPS) is 11.3. The van der Waals surface area contributed by atoms with Crippen molar-refractivity contribution in [1.82, 2.24) is 0 Å². The second-order valence-electron chi connectivity index (χ2n) is 10.4. The van der Waals surface area contributed by atoms with Gasteiger partial charge in [0.1, 0.15) is 33.6 Å². The standard InChI is InChI=1S/C35H28O13S2/c1-43-33(36)22-4-10-27(11-5-22)46-21-26-20-31(50(41,42)48-29-14-8-24(9-15-29)35(38)45-3)19-25-18-30(16-17-32(25)26)49(39,40)47-28-12-6-23(7-13-28)34(37)44-2/h4-20H,21H2,1-3H3. The van der Waals surface area contributed by atoms with Crippen molar-refractivity contribution in [2.24, 2.45) is 0 Å². The van der Waals surface area contributed by atoms with Crippen molar-refractivity contribution in [3.05, 3.63) is 125 Å². The van der Waals surface area contributed by atoms with Gasteiger partial charge in [-0.25, -0.2) is 14.4 Å². The molecule has 0 fully saturated rings. The Morgan fingerprint density at radius 3 is 1.34 bits per heavy atom. The molecule has 5 rings (SSSR count). The number of methoxy groups -OCH3 is 3. The Morgan fingerprint density at radius 2 is 0.900 bits per heavy atom. The van der Waals surface area contributed by atoms with Gasteiger partial charge < -0.3 is 27.3 Å². The number of carbonyl (C=O) groups excluding carboxylic acids is 3. The number of ether oxygens (including phenoxy) is 4. The summed E-state index contributed by atoms with van der Waals surface area (Å²) < 4.78 is 84.2. The van der Waals surface area contributed by atoms with E-state index in [-0.39, 0.29) is 44.4 Å². The topological polar surface area (TPSA) is 175 Å². The van der Waals surface area contributed by atoms with Crippen molar-refractivity contribution in [3.63, 3.8) is 0 Å². The maximum Gasteiger partial charge on any atom is 0.339 e. The quantitative estimate of drug-likeness (QED) is 0.0922. The minimum absolute atomic E-state index is 0.0759. The van der Waals surface area contributed by atoms with Gasteiger partial charge in [-0.3, -0.25) is 0 Å². The molecule has 15 heteroatoms. The van der Waals surface area contributed by atoms with Crippen LogP contribution in [0.2, 0.25) is 0 Å². The van der Waals surface area contributed by atoms with E-state index >= 15 is 0 Å². The van der Waals surface area contributed by atoms with Gasteiger partial charge in [0.05, 0.1) is 38.0 Å². The summed E-state index contributed by atoms with van der Waals surface area (Å²) in [7, 11) is -5.28. The number of carbonyl (C=O) groups is 3. The van der Waals surface area contributed by atoms with Crippen LogP contribution in [0.5, 0.6) is 17.2 Å². The highest BCUT2D eigenvalue weighted by atomic mass is 32.2. The fraction of sp³-hybridized carbons (Fsp3) is 0.114. The lowest BCUT2D eigenvalue weighted by Crippen LogP contribution is -2.12. The summed E-state index contributed by atoms with van der Waals surface area (Å²) in [6.07, 6.45) is 0. The largest absolute Gasteiger partial charge is 0.489 e. The van der Waals surface area contributed by atoms with E-state index in [2.05, 4.69) is 9.47 Å². The lowest BCUT2D eigenvalue weighted by Gasteiger charge is -2.14. The molecule has 0 bridgehead atoms. The molecule has 0 spiro atoms. The number of hydrogen-bond acceptors (Lipinski definition) is 13. The van der Waals surface area contributed by atoms with E-state index in [9.17, 15) is 31.2 Å². The molecule has 0 aliphatic heterocycles. The molecule has 50 heavy (non-hydrogen) atoms. The Morgan fingerprint density at radius 1 is 0.500 bits per heavy atom. The molecular formula is C35H28O13S2. The Kier molecular flexibility index (Phi) is 10.4. The van der Waals surface area contributed by atoms with E-state index in [0.29, 0.717) is 22.3 Å². The Labute approximate surface area is 287 Å². The van der Waals surface area contributed by atoms with Crippen molar-refractivity contribution in [2.45, 2.75) is 16.4 Å². The van der Waals surface area contributed by atoms with Crippen LogP contribution in [-0.2, 0) is 41.1 Å². The van der Waals surface area contributed by atoms with Crippen LogP contribution in [0, 0.1) is 0 Å². The van der Waals surface area contributed by atoms with Gasteiger partial charge in [-0.1, -0.05) is 6.07 Å². The SMILES string of the molecule is COC(=O)c1ccc(OCc2cc(S(=O)(=O)Oc3ccc(C(=O)OC)cc3)cc3cc(S(=O)(=O)Oc4ccc(C(=O)OC)cc4)ccc23)cc1. The summed E-state index contributed by atoms with van der Waals surface area (Å²) in [6.45, 7) is -0.166. The molecule has 0 heterocycles. The van der Waals surface area contributed by atoms with Crippen LogP contribution < -0.4 is 13.1 Å². The summed E-state index contributed by atoms with van der Waals surface area (Å²) >= 11 is 0. The number of benzene rings is 5. The molecule has 13 nitrogen and oxygen atoms in total. The van der Waals surface area contributed by atoms with Gasteiger partial charge in [0.25, 0.3) is 0 Å². The zero-order valence-corrected chi connectivity index (χ0v) is 28.3. The highest BCUT2D eigenvalue weighted by molar-refractivity contribution is 7.87. The number of esters is 3. The molecule has 0 saturated carbocycles. The highest BCUT2D eigenvalue weighted by Crippen LogP contribution is 2.30. The third kappa shape index (κ3) is 8.02. The molecule has 0 saturated heterocycles. The van der Waals surface area contributed by atoms with Crippen LogP contribution in [0.3, 0.4) is 0 Å². The van der Waals surface area contributed by atoms with Crippen LogP contribution in [0.1, 0.15) is 36.6 Å². The maximum absolute atomic E-state index is 13.5. The zero-order valence-electron chi connectivity index (χ0n) is 26.6. The molecular weight excluding hydrogens is 693 g/mol. The lowest BCUT2D eigenvalue weighted by molar-refractivity contribution is 0.0592. The Hall–Kier alpha value is -5.93. The predicted octanol–water partition coefficient (Wildman–Crippen LogP) is 5.31. The first-order valence-electron chi connectivity index (χ1n) is 14.5. The fourth-order valence-corrected chi connectivity index (χ4v) is 6.65. The van der Waals surface area contributed by atoms with Gasteiger partial charge in [0.2, 0.25) is 0 Å². The number of hydrogen-bond donors (Lipinski definition) is 0. The molecule has 0 aliphatic rings. The monoisotopic (exact) mass is 720 g/mol. The van der Waals surface area contributed by atoms with E-state index in [1.165, 1.54) is 124 Å². The van der Waals surface area contributed by atoms with Crippen molar-refractivity contribution >= 4 is 48.9 Å². The second kappa shape index (κ2) is 14.7. The minimum Gasteiger partial charge on any atom is -0.489 e. The van der Waals surface area contributed by atoms with Crippen LogP contribution in [0.15, 0.2) is 113 Å². The highest BCUT2D eigenvalue weighted by Gasteiger charge is 2.23. The molecule has 0 aromatic heterocycles. The van der Waals surface area contributed by atoms with E-state index in [1.807, 2.05) is 0 Å². The number of fused-ring (bicyclic) bond motifs is 1. The van der Waals surface area contributed by atoms with Crippen molar-refractivity contribution in [2.75, 3.05) is 21.3 Å². The molecule has 0 amide bonds. The second-order valence-corrected chi connectivity index (χ2v) is 13.5. The van der Waals surface area contributed by atoms with Gasteiger partial charge in [0, 0.05) is 0 Å². The average molecular weight is 721 g/mol. The smallest absolute Gasteiger partial charge is 0.339 e. The zero-order chi connectivity index (χ0) is 36.1. The van der Waals surface area contributed by atoms with E-state index in [1.54, 1.807) is 0 Å². The van der Waals surface area contributed by atoms with Gasteiger partial charge in [-0.2, -0.15) is 16.8 Å². The first-order valence-corrected chi connectivity index (χ1v) is 17.3. The van der Waals surface area contributed by atoms with E-state index in [4.69, 9.17) is 17.8 Å². The third-order valence-electron chi connectivity index (χ3n) is 7.19. The van der Waals surface area contributed by atoms with Gasteiger partial charge in [0.15, 0.2) is 0 Å². The molecule has 0 radical (unpaired) electrons. The molecule has 0 unspecified atom stereocenters. The first kappa shape index (κ1) is 35.4. The van der Waals surface area contributed by atoms with Crippen LogP contribution in [0.25, 0.3) is 10.8 Å². The van der Waals surface area contributed by atoms with Gasteiger partial charge in [-0.05, 0) is 113 Å². The van der Waals surface area contributed by atoms with Crippen molar-refractivity contribution in [1.29, 1.82) is 0 Å². The molecule has 5 aromatic rings. The van der Waals surface area contributed by atoms with Gasteiger partial charge in [-0.15, -0.1) is 0 Å². The summed E-state index contributed by atoms with van der Waals surface area (Å²) in [4.78, 5) is 34.7. The van der Waals surface area contributed by atoms with Crippen LogP contribution >= 0.6 is 0 Å². The molecule has 5 aromatic carbocycles. The fourth-order valence-electron chi connectivity index (χ4n) is 4.66. The Balaban J connectivity index is 1.50. The molecule has 0 atom stereocenters. The Bertz CT molecular complexity index is 2280. The average Bonchev–Trinajstić information content (AvgIpc) is 3.13. The minimum atomic E-state index is -4.52. The first-order chi connectivity index (χ1) is 23.8. The summed E-state index contributed by atoms with van der Waals surface area (Å²) in [5, 5.41) is 0.653. The van der Waals surface area contributed by atoms with Crippen molar-refractivity contribution < 1.29 is 58.5 Å². The number of rotatable bonds is 12. The van der Waals surface area contributed by atoms with Crippen LogP contribution in [-0.4, -0.2) is 56.1 Å². The summed E-state index contributed by atoms with van der Waals surface area (Å²) in [6, 6.07) is 23.2. The van der Waals surface area contributed by atoms with Gasteiger partial charge >= 0.3 is 38.1 Å². The summed E-state index contributed by atoms with van der Waals surface area (Å²) in [5.41, 5.74) is 1.02. The molecule has 258 valence electrons. The predicted molar refractivity (Wildman–Crippen MR) is 177 cm³/mol. The summed E-state index contributed by atoms with van der Waals surface area (Å²) in [5.74, 6) is -1.58. The maximum atomic E-state index is 13.5. The van der Waals surface area contributed by atoms with E-state index < -0.39 is 38.1 Å². The van der Waals surface area contributed by atoms with E-state index in [0.717, 1.165) is 0 Å². The molecule has 0 N–H and O–H groups in total. The van der Waals surface area contributed by atoms with Crippen molar-refractivity contribution in [3.8, 4) is 17.2 Å². The third-order valence-corrected chi connectivity index (χ3v) is 9.66. The lowest BCUT2D eigenvalue weighted by atomic mass is 10.1.